The zero-order valence-electron chi connectivity index (χ0n) is 31.0. The Morgan fingerprint density at radius 2 is 1.81 bits per heavy atom. The normalized spacial score (nSPS) is 21.3. The fourth-order valence-corrected chi connectivity index (χ4v) is 8.47. The maximum atomic E-state index is 14.0. The van der Waals surface area contributed by atoms with Gasteiger partial charge < -0.3 is 39.5 Å². The number of amides is 3. The molecule has 14 heteroatoms. The second kappa shape index (κ2) is 14.0. The lowest BCUT2D eigenvalue weighted by molar-refractivity contribution is -0.135. The smallest absolute Gasteiger partial charge is 0.407 e. The number of methoxy groups -OCH3 is 2. The monoisotopic (exact) mass is 735 g/mol. The van der Waals surface area contributed by atoms with Crippen LogP contribution in [0.15, 0.2) is 48.7 Å². The number of aromatic nitrogens is 4. The number of carbonyl (C=O) groups excluding carboxylic acids is 2. The van der Waals surface area contributed by atoms with Crippen molar-refractivity contribution in [3.63, 3.8) is 0 Å². The van der Waals surface area contributed by atoms with Crippen LogP contribution in [0.25, 0.3) is 44.2 Å². The number of benzene rings is 3. The maximum absolute atomic E-state index is 14.0. The number of imidazole rings is 2. The summed E-state index contributed by atoms with van der Waals surface area (Å²) in [6.07, 6.45) is 1.60. The number of alkyl carbamates (subject to hydrolysis) is 1. The highest BCUT2D eigenvalue weighted by Crippen LogP contribution is 2.44. The molecule has 3 aliphatic heterocycles. The Hall–Kier alpha value is -5.63. The number of hydrogen-bond acceptors (Lipinski definition) is 8. The lowest BCUT2D eigenvalue weighted by atomic mass is 9.92. The van der Waals surface area contributed by atoms with Crippen molar-refractivity contribution in [3.8, 4) is 28.1 Å². The molecule has 8 rings (SSSR count). The van der Waals surface area contributed by atoms with Crippen LogP contribution >= 0.6 is 0 Å². The highest BCUT2D eigenvalue weighted by atomic mass is 16.5. The molecule has 3 amide bonds. The third kappa shape index (κ3) is 6.27. The quantitative estimate of drug-likeness (QED) is 0.136. The fourth-order valence-electron chi connectivity index (χ4n) is 8.47. The first-order chi connectivity index (χ1) is 26.0. The van der Waals surface area contributed by atoms with E-state index in [-0.39, 0.29) is 35.7 Å². The van der Waals surface area contributed by atoms with Gasteiger partial charge in [-0.05, 0) is 71.0 Å². The first-order valence-electron chi connectivity index (χ1n) is 18.4. The predicted octanol–water partition coefficient (Wildman–Crippen LogP) is 6.64. The SMILES string of the molecule is COC[C@H]1C[C@@H](c2nc3ccc4cc5c(cc4c3[nH]2)OCc2cc(-c3cnc([C@@H]4C[C@H](C)CN4C(=O)O)[nH]3)ccc2-5)N(C(=O)C(NC(=O)OC)C(C)C)C1. The summed E-state index contributed by atoms with van der Waals surface area (Å²) in [7, 11) is 2.95. The number of ether oxygens (including phenoxy) is 3. The third-order valence-electron chi connectivity index (χ3n) is 11.1. The second-order valence-corrected chi connectivity index (χ2v) is 15.2. The number of H-pyrrole nitrogens is 2. The van der Waals surface area contributed by atoms with E-state index in [1.807, 2.05) is 24.8 Å². The van der Waals surface area contributed by atoms with Crippen molar-refractivity contribution >= 4 is 39.9 Å². The highest BCUT2D eigenvalue weighted by molar-refractivity contribution is 6.07. The Kier molecular flexibility index (Phi) is 9.16. The number of aromatic amines is 2. The van der Waals surface area contributed by atoms with Gasteiger partial charge in [0.15, 0.2) is 0 Å². The van der Waals surface area contributed by atoms with E-state index in [2.05, 4.69) is 63.6 Å². The molecule has 3 aromatic carbocycles. The Morgan fingerprint density at radius 1 is 1.00 bits per heavy atom. The van der Waals surface area contributed by atoms with Gasteiger partial charge in [0.1, 0.15) is 30.0 Å². The molecule has 0 spiro atoms. The second-order valence-electron chi connectivity index (χ2n) is 15.2. The molecule has 0 bridgehead atoms. The molecule has 0 saturated carbocycles. The molecule has 4 N–H and O–H groups in total. The number of carboxylic acid groups (broad SMARTS) is 1. The summed E-state index contributed by atoms with van der Waals surface area (Å²) in [5.41, 5.74) is 6.54. The summed E-state index contributed by atoms with van der Waals surface area (Å²) in [6, 6.07) is 13.1. The van der Waals surface area contributed by atoms with E-state index in [0.717, 1.165) is 61.9 Å². The molecule has 5 atom stereocenters. The summed E-state index contributed by atoms with van der Waals surface area (Å²) in [5.74, 6) is 2.15. The minimum Gasteiger partial charge on any atom is -0.488 e. The van der Waals surface area contributed by atoms with Crippen molar-refractivity contribution in [2.75, 3.05) is 33.9 Å². The number of hydrogen-bond donors (Lipinski definition) is 4. The molecular formula is C40H45N7O7. The van der Waals surface area contributed by atoms with Gasteiger partial charge in [-0.25, -0.2) is 19.6 Å². The first-order valence-corrected chi connectivity index (χ1v) is 18.4. The van der Waals surface area contributed by atoms with Crippen LogP contribution in [0.1, 0.15) is 62.9 Å². The summed E-state index contributed by atoms with van der Waals surface area (Å²) in [5, 5.41) is 14.4. The van der Waals surface area contributed by atoms with E-state index in [4.69, 9.17) is 19.2 Å². The van der Waals surface area contributed by atoms with Crippen LogP contribution in [0.5, 0.6) is 5.75 Å². The molecule has 5 heterocycles. The molecule has 2 fully saturated rings. The van der Waals surface area contributed by atoms with E-state index in [1.54, 1.807) is 13.3 Å². The summed E-state index contributed by atoms with van der Waals surface area (Å²) in [4.78, 5) is 57.8. The lowest BCUT2D eigenvalue weighted by Crippen LogP contribution is -2.51. The number of likely N-dealkylation sites (tertiary alicyclic amines) is 2. The zero-order chi connectivity index (χ0) is 37.8. The number of nitrogens with one attached hydrogen (secondary N) is 3. The van der Waals surface area contributed by atoms with Gasteiger partial charge in [0, 0.05) is 37.1 Å². The van der Waals surface area contributed by atoms with Gasteiger partial charge in [-0.15, -0.1) is 0 Å². The van der Waals surface area contributed by atoms with Crippen LogP contribution in [-0.4, -0.2) is 92.9 Å². The van der Waals surface area contributed by atoms with Gasteiger partial charge in [0.05, 0.1) is 48.7 Å². The Balaban J connectivity index is 1.09. The minimum atomic E-state index is -0.928. The number of fused-ring (bicyclic) bond motifs is 6. The summed E-state index contributed by atoms with van der Waals surface area (Å²) in [6.45, 7) is 7.72. The van der Waals surface area contributed by atoms with E-state index in [0.29, 0.717) is 44.4 Å². The van der Waals surface area contributed by atoms with Gasteiger partial charge in [-0.3, -0.25) is 9.69 Å². The minimum absolute atomic E-state index is 0.106. The van der Waals surface area contributed by atoms with Crippen molar-refractivity contribution in [2.45, 2.75) is 58.3 Å². The summed E-state index contributed by atoms with van der Waals surface area (Å²) >= 11 is 0. The molecule has 3 aliphatic rings. The average molecular weight is 736 g/mol. The molecule has 14 nitrogen and oxygen atoms in total. The van der Waals surface area contributed by atoms with Crippen molar-refractivity contribution in [3.05, 3.63) is 65.9 Å². The molecular weight excluding hydrogens is 690 g/mol. The molecule has 2 saturated heterocycles. The van der Waals surface area contributed by atoms with Crippen LogP contribution in [-0.2, 0) is 20.9 Å². The number of carbonyl (C=O) groups is 3. The van der Waals surface area contributed by atoms with Crippen molar-refractivity contribution in [1.82, 2.24) is 35.1 Å². The van der Waals surface area contributed by atoms with Crippen LogP contribution in [0.4, 0.5) is 9.59 Å². The number of nitrogens with zero attached hydrogens (tertiary/aromatic N) is 4. The largest absolute Gasteiger partial charge is 0.488 e. The standard InChI is InChI=1S/C40H45N7O7/c1-20(2)34(45-39(49)53-5)38(48)46-17-22(18-52-4)11-32(46)37-42-29-9-7-23-13-28-26-8-6-24(12-25(26)19-54-33(28)14-27(23)35(29)44-37)30-15-41-36(43-30)31-10-21(3)16-47(31)40(50)51/h6-9,12-15,20-22,31-32,34H,10-11,16-19H2,1-5H3,(H,41,43)(H,42,44)(H,45,49)(H,50,51)/t21-,22-,31-,32-,34?/m0/s1. The fraction of sp³-hybridized carbons (Fsp3) is 0.425. The van der Waals surface area contributed by atoms with Gasteiger partial charge in [-0.1, -0.05) is 39.0 Å². The van der Waals surface area contributed by atoms with Crippen molar-refractivity contribution in [2.24, 2.45) is 17.8 Å². The first kappa shape index (κ1) is 35.4. The molecule has 54 heavy (non-hydrogen) atoms. The Labute approximate surface area is 312 Å². The van der Waals surface area contributed by atoms with E-state index in [9.17, 15) is 19.5 Å². The van der Waals surface area contributed by atoms with Gasteiger partial charge >= 0.3 is 12.2 Å². The van der Waals surface area contributed by atoms with Crippen LogP contribution in [0.2, 0.25) is 0 Å². The Bertz CT molecular complexity index is 2260. The Morgan fingerprint density at radius 3 is 2.57 bits per heavy atom. The maximum Gasteiger partial charge on any atom is 0.407 e. The molecule has 0 radical (unpaired) electrons. The third-order valence-corrected chi connectivity index (χ3v) is 11.1. The van der Waals surface area contributed by atoms with Crippen LogP contribution in [0, 0.1) is 17.8 Å². The van der Waals surface area contributed by atoms with Crippen LogP contribution in [0.3, 0.4) is 0 Å². The van der Waals surface area contributed by atoms with E-state index < -0.39 is 18.2 Å². The van der Waals surface area contributed by atoms with E-state index >= 15 is 0 Å². The van der Waals surface area contributed by atoms with Gasteiger partial charge in [0.2, 0.25) is 5.91 Å². The molecule has 5 aromatic rings. The molecule has 1 unspecified atom stereocenters. The zero-order valence-corrected chi connectivity index (χ0v) is 31.0. The highest BCUT2D eigenvalue weighted by Gasteiger charge is 2.42. The number of rotatable bonds is 8. The van der Waals surface area contributed by atoms with Crippen molar-refractivity contribution in [1.29, 1.82) is 0 Å². The van der Waals surface area contributed by atoms with E-state index in [1.165, 1.54) is 12.0 Å². The summed E-state index contributed by atoms with van der Waals surface area (Å²) < 4.78 is 16.7. The lowest BCUT2D eigenvalue weighted by Gasteiger charge is -2.30. The average Bonchev–Trinajstić information content (AvgIpc) is 3.98. The molecule has 0 aliphatic carbocycles. The van der Waals surface area contributed by atoms with Gasteiger partial charge in [-0.2, -0.15) is 0 Å². The molecule has 282 valence electrons. The van der Waals surface area contributed by atoms with Crippen molar-refractivity contribution < 1.29 is 33.7 Å². The van der Waals surface area contributed by atoms with Gasteiger partial charge in [0.25, 0.3) is 0 Å². The van der Waals surface area contributed by atoms with Crippen LogP contribution < -0.4 is 10.1 Å². The topological polar surface area (TPSA) is 175 Å². The molecule has 2 aromatic heterocycles. The predicted molar refractivity (Wildman–Crippen MR) is 201 cm³/mol.